The summed E-state index contributed by atoms with van der Waals surface area (Å²) in [5.74, 6) is -0.827. The van der Waals surface area contributed by atoms with Crippen molar-refractivity contribution in [1.29, 1.82) is 0 Å². The quantitative estimate of drug-likeness (QED) is 0.0668. The topological polar surface area (TPSA) is 202 Å². The molecule has 0 bridgehead atoms. The van der Waals surface area contributed by atoms with Crippen molar-refractivity contribution < 1.29 is 53.0 Å². The van der Waals surface area contributed by atoms with Crippen LogP contribution < -0.4 is 4.90 Å². The molecule has 1 saturated heterocycles. The maximum Gasteiger partial charge on any atom is 0.423 e. The molecule has 0 atom stereocenters. The Morgan fingerprint density at radius 1 is 0.779 bits per heavy atom. The molecule has 358 valence electrons. The molecule has 0 unspecified atom stereocenters. The second-order valence-electron chi connectivity index (χ2n) is 18.6. The van der Waals surface area contributed by atoms with Gasteiger partial charge in [-0.1, -0.05) is 68.8 Å². The van der Waals surface area contributed by atoms with Crippen molar-refractivity contribution >= 4 is 75.1 Å². The Balaban J connectivity index is 1.23. The lowest BCUT2D eigenvalue weighted by atomic mass is 9.79. The number of ether oxygens (including phenoxy) is 1. The second-order valence-corrected chi connectivity index (χ2v) is 23.2. The van der Waals surface area contributed by atoms with Crippen LogP contribution in [0, 0.1) is 12.5 Å². The van der Waals surface area contributed by atoms with Gasteiger partial charge in [0.1, 0.15) is 12.7 Å². The van der Waals surface area contributed by atoms with E-state index in [1.165, 1.54) is 12.1 Å². The number of carbonyl (C=O) groups is 1. The summed E-state index contributed by atoms with van der Waals surface area (Å²) in [7, 11) is -12.9. The van der Waals surface area contributed by atoms with Crippen LogP contribution in [0.25, 0.3) is 21.5 Å². The summed E-state index contributed by atoms with van der Waals surface area (Å²) in [5, 5.41) is 3.55. The molecular formula is C50H55N4O11S3+. The van der Waals surface area contributed by atoms with E-state index in [1.807, 2.05) is 49.1 Å². The van der Waals surface area contributed by atoms with Crippen LogP contribution in [0.5, 0.6) is 0 Å². The van der Waals surface area contributed by atoms with E-state index in [2.05, 4.69) is 65.8 Å². The molecule has 4 aromatic carbocycles. The number of hydrogen-bond acceptors (Lipinski definition) is 10. The van der Waals surface area contributed by atoms with E-state index in [-0.39, 0.29) is 30.0 Å². The second kappa shape index (κ2) is 18.3. The highest BCUT2D eigenvalue weighted by Crippen LogP contribution is 2.51. The van der Waals surface area contributed by atoms with Crippen LogP contribution in [-0.4, -0.2) is 116 Å². The standard InChI is InChI=1S/C50H54N4O11S3/c1-6-65-48(55)52-29-27-51(28-30-52)47-35(17-23-43-49(2,3)45-39-12-8-7-11-34(39)15-21-41(45)53(43)25-9-31-66(56,57)58)13-14-36(47)18-24-44-50(4,5)46-40-20-19-38(68(62,63)64)33-37(40)16-22-42(46)54(44)26-10-32-67(59,60)61/h1,7-8,11-12,15-24,33H,9-10,13-14,25-32H2,2-5H3,(H2-,56,57,58,59,60,61,62,63,64)/p+1. The molecule has 3 aliphatic heterocycles. The molecular weight excluding hydrogens is 929 g/mol. The zero-order valence-electron chi connectivity index (χ0n) is 38.3. The summed E-state index contributed by atoms with van der Waals surface area (Å²) in [6.45, 7) is 10.7. The third-order valence-electron chi connectivity index (χ3n) is 13.6. The molecule has 3 N–H and O–H groups in total. The Kier molecular flexibility index (Phi) is 13.1. The Morgan fingerprint density at radius 3 is 2.15 bits per heavy atom. The van der Waals surface area contributed by atoms with Gasteiger partial charge in [-0.3, -0.25) is 13.7 Å². The van der Waals surface area contributed by atoms with E-state index >= 15 is 0 Å². The average Bonchev–Trinajstić information content (AvgIpc) is 3.84. The Morgan fingerprint density at radius 2 is 1.46 bits per heavy atom. The molecule has 1 amide bonds. The summed E-state index contributed by atoms with van der Waals surface area (Å²) in [6, 6.07) is 20.4. The largest absolute Gasteiger partial charge is 0.423 e. The van der Waals surface area contributed by atoms with Gasteiger partial charge in [0.25, 0.3) is 30.4 Å². The number of amides is 1. The summed E-state index contributed by atoms with van der Waals surface area (Å²) in [5.41, 5.74) is 7.47. The van der Waals surface area contributed by atoms with Crippen LogP contribution in [0.3, 0.4) is 0 Å². The first-order valence-electron chi connectivity index (χ1n) is 22.4. The van der Waals surface area contributed by atoms with E-state index in [4.69, 9.17) is 11.2 Å². The fourth-order valence-electron chi connectivity index (χ4n) is 10.6. The first-order valence-corrected chi connectivity index (χ1v) is 27.0. The molecule has 1 aliphatic carbocycles. The molecule has 1 fully saturated rings. The number of terminal acetylenes is 1. The molecule has 0 aromatic heterocycles. The minimum absolute atomic E-state index is 0.121. The Bertz CT molecular complexity index is 3300. The summed E-state index contributed by atoms with van der Waals surface area (Å²) < 4.78 is 108. The number of nitrogens with zero attached hydrogens (tertiary/aromatic N) is 4. The number of rotatable bonds is 13. The molecule has 15 nitrogen and oxygen atoms in total. The van der Waals surface area contributed by atoms with E-state index in [9.17, 15) is 43.7 Å². The van der Waals surface area contributed by atoms with Gasteiger partial charge in [-0.15, -0.1) is 0 Å². The maximum absolute atomic E-state index is 12.7. The molecule has 0 saturated carbocycles. The maximum atomic E-state index is 12.7. The van der Waals surface area contributed by atoms with Crippen LogP contribution in [-0.2, 0) is 45.9 Å². The first kappa shape index (κ1) is 48.6. The number of allylic oxidation sites excluding steroid dienone is 7. The third kappa shape index (κ3) is 9.60. The number of hydrogen-bond donors (Lipinski definition) is 3. The van der Waals surface area contributed by atoms with Crippen molar-refractivity contribution in [2.75, 3.05) is 55.7 Å². The van der Waals surface area contributed by atoms with Gasteiger partial charge >= 0.3 is 6.09 Å². The Hall–Kier alpha value is -5.81. The van der Waals surface area contributed by atoms with Gasteiger partial charge < -0.3 is 19.4 Å². The molecule has 4 aliphatic rings. The van der Waals surface area contributed by atoms with Gasteiger partial charge in [0.15, 0.2) is 5.71 Å². The van der Waals surface area contributed by atoms with Crippen molar-refractivity contribution in [2.24, 2.45) is 0 Å². The lowest BCUT2D eigenvalue weighted by molar-refractivity contribution is -0.437. The zero-order valence-corrected chi connectivity index (χ0v) is 40.8. The van der Waals surface area contributed by atoms with E-state index in [0.29, 0.717) is 51.0 Å². The van der Waals surface area contributed by atoms with Crippen LogP contribution in [0.4, 0.5) is 16.2 Å². The predicted octanol–water partition coefficient (Wildman–Crippen LogP) is 7.73. The van der Waals surface area contributed by atoms with Crippen LogP contribution in [0.2, 0.25) is 0 Å². The fourth-order valence-corrected chi connectivity index (χ4v) is 12.1. The number of piperazine rings is 1. The molecule has 0 spiro atoms. The molecule has 4 aromatic rings. The third-order valence-corrected chi connectivity index (χ3v) is 16.1. The molecule has 8 rings (SSSR count). The van der Waals surface area contributed by atoms with E-state index < -0.39 is 53.0 Å². The fraction of sp³-hybridized carbons (Fsp3) is 0.360. The molecule has 18 heteroatoms. The monoisotopic (exact) mass is 983 g/mol. The van der Waals surface area contributed by atoms with Gasteiger partial charge in [0.2, 0.25) is 5.69 Å². The van der Waals surface area contributed by atoms with Gasteiger partial charge in [0.05, 0.1) is 21.8 Å². The smallest absolute Gasteiger partial charge is 0.368 e. The Labute approximate surface area is 398 Å². The molecule has 68 heavy (non-hydrogen) atoms. The van der Waals surface area contributed by atoms with Crippen molar-refractivity contribution in [3.8, 4) is 12.5 Å². The number of benzene rings is 4. The minimum Gasteiger partial charge on any atom is -0.368 e. The van der Waals surface area contributed by atoms with Gasteiger partial charge in [-0.05, 0) is 102 Å². The van der Waals surface area contributed by atoms with Crippen molar-refractivity contribution in [2.45, 2.75) is 69.1 Å². The number of anilines is 1. The van der Waals surface area contributed by atoms with Crippen LogP contribution in [0.1, 0.15) is 64.5 Å². The predicted molar refractivity (Wildman–Crippen MR) is 263 cm³/mol. The highest BCUT2D eigenvalue weighted by atomic mass is 32.2. The van der Waals surface area contributed by atoms with Gasteiger partial charge in [-0.25, -0.2) is 4.79 Å². The number of carbonyl (C=O) groups excluding carboxylic acids is 1. The normalized spacial score (nSPS) is 19.5. The zero-order chi connectivity index (χ0) is 49.0. The van der Waals surface area contributed by atoms with E-state index in [0.717, 1.165) is 66.9 Å². The highest BCUT2D eigenvalue weighted by molar-refractivity contribution is 7.86. The summed E-state index contributed by atoms with van der Waals surface area (Å²) >= 11 is 0. The lowest BCUT2D eigenvalue weighted by Crippen LogP contribution is -2.48. The summed E-state index contributed by atoms with van der Waals surface area (Å²) in [4.78, 5) is 18.3. The van der Waals surface area contributed by atoms with E-state index in [1.54, 1.807) is 17.0 Å². The molecule has 0 radical (unpaired) electrons. The van der Waals surface area contributed by atoms with Gasteiger partial charge in [-0.2, -0.15) is 29.8 Å². The average molecular weight is 984 g/mol. The van der Waals surface area contributed by atoms with Crippen LogP contribution >= 0.6 is 0 Å². The first-order chi connectivity index (χ1) is 32.0. The summed E-state index contributed by atoms with van der Waals surface area (Å²) in [6.07, 6.45) is 16.7. The van der Waals surface area contributed by atoms with Gasteiger partial charge in [0, 0.05) is 79.3 Å². The number of fused-ring (bicyclic) bond motifs is 6. The van der Waals surface area contributed by atoms with Crippen molar-refractivity contribution in [3.05, 3.63) is 125 Å². The highest BCUT2D eigenvalue weighted by Gasteiger charge is 2.46. The SMILES string of the molecule is C#COC(=O)N1CCN(C2=C(C=CC3=[N+](CCCS(=O)(=O)O)c4ccc5ccccc5c4C3(C)C)CC/C2=C\C=C2N(CCCS(=O)(=O)O)c3ccc4cc(S(=O)(=O)O)ccc4c3C2(C)C)CC1. The van der Waals surface area contributed by atoms with Crippen molar-refractivity contribution in [1.82, 2.24) is 9.80 Å². The van der Waals surface area contributed by atoms with Crippen molar-refractivity contribution in [3.63, 3.8) is 0 Å². The van der Waals surface area contributed by atoms with Crippen LogP contribution in [0.15, 0.2) is 118 Å². The minimum atomic E-state index is -4.47. The lowest BCUT2D eigenvalue weighted by Gasteiger charge is -2.36. The molecule has 3 heterocycles.